The van der Waals surface area contributed by atoms with Crippen LogP contribution in [0.2, 0.25) is 0 Å². The minimum Gasteiger partial charge on any atom is -0.385 e. The number of ether oxygens (including phenoxy) is 1. The first kappa shape index (κ1) is 13.3. The van der Waals surface area contributed by atoms with Gasteiger partial charge in [-0.1, -0.05) is 13.3 Å². The first-order valence-electron chi connectivity index (χ1n) is 5.50. The number of aromatic nitrogens is 2. The van der Waals surface area contributed by atoms with Gasteiger partial charge in [0.2, 0.25) is 0 Å². The van der Waals surface area contributed by atoms with Gasteiger partial charge in [0.25, 0.3) is 0 Å². The first-order chi connectivity index (χ1) is 7.79. The summed E-state index contributed by atoms with van der Waals surface area (Å²) in [5.74, 6) is 1.62. The quantitative estimate of drug-likeness (QED) is 0.450. The van der Waals surface area contributed by atoms with Crippen LogP contribution in [0.5, 0.6) is 0 Å². The number of rotatable bonds is 7. The third-order valence-electron chi connectivity index (χ3n) is 2.17. The molecule has 4 nitrogen and oxygen atoms in total. The van der Waals surface area contributed by atoms with Crippen LogP contribution in [0, 0.1) is 0 Å². The van der Waals surface area contributed by atoms with E-state index in [0.717, 1.165) is 42.2 Å². The van der Waals surface area contributed by atoms with Crippen molar-refractivity contribution in [2.24, 2.45) is 0 Å². The second-order valence-corrected chi connectivity index (χ2v) is 4.57. The van der Waals surface area contributed by atoms with Crippen molar-refractivity contribution in [1.82, 2.24) is 9.97 Å². The van der Waals surface area contributed by atoms with Crippen LogP contribution in [0.1, 0.15) is 25.3 Å². The third kappa shape index (κ3) is 3.98. The molecule has 90 valence electrons. The second kappa shape index (κ2) is 7.46. The Kier molecular flexibility index (Phi) is 6.18. The van der Waals surface area contributed by atoms with Gasteiger partial charge < -0.3 is 10.5 Å². The molecule has 0 aliphatic carbocycles. The van der Waals surface area contributed by atoms with E-state index >= 15 is 0 Å². The lowest BCUT2D eigenvalue weighted by Gasteiger charge is -2.08. The van der Waals surface area contributed by atoms with Gasteiger partial charge in [-0.3, -0.25) is 0 Å². The minimum absolute atomic E-state index is 0.617. The van der Waals surface area contributed by atoms with E-state index in [2.05, 4.69) is 16.9 Å². The van der Waals surface area contributed by atoms with E-state index in [1.165, 1.54) is 6.33 Å². The molecule has 0 aliphatic heterocycles. The summed E-state index contributed by atoms with van der Waals surface area (Å²) in [6, 6.07) is 0. The minimum atomic E-state index is 0.617. The Bertz CT molecular complexity index is 320. The van der Waals surface area contributed by atoms with E-state index < -0.39 is 0 Å². The Hall–Kier alpha value is -0.810. The van der Waals surface area contributed by atoms with Crippen molar-refractivity contribution in [3.05, 3.63) is 11.9 Å². The molecule has 0 bridgehead atoms. The average molecular weight is 241 g/mol. The molecule has 1 aromatic heterocycles. The lowest BCUT2D eigenvalue weighted by Crippen LogP contribution is -2.02. The average Bonchev–Trinajstić information content (AvgIpc) is 2.29. The Morgan fingerprint density at radius 1 is 1.44 bits per heavy atom. The van der Waals surface area contributed by atoms with Gasteiger partial charge in [0, 0.05) is 25.0 Å². The Morgan fingerprint density at radius 2 is 2.25 bits per heavy atom. The van der Waals surface area contributed by atoms with Gasteiger partial charge in [-0.15, -0.1) is 11.8 Å². The molecule has 16 heavy (non-hydrogen) atoms. The molecule has 5 heteroatoms. The summed E-state index contributed by atoms with van der Waals surface area (Å²) >= 11 is 1.73. The number of methoxy groups -OCH3 is 1. The molecule has 0 aromatic carbocycles. The normalized spacial score (nSPS) is 10.6. The van der Waals surface area contributed by atoms with E-state index in [0.29, 0.717) is 5.82 Å². The van der Waals surface area contributed by atoms with Crippen LogP contribution in [-0.2, 0) is 11.2 Å². The van der Waals surface area contributed by atoms with Gasteiger partial charge in [-0.25, -0.2) is 9.97 Å². The van der Waals surface area contributed by atoms with E-state index in [9.17, 15) is 0 Å². The number of nitrogens with two attached hydrogens (primary N) is 1. The number of nitrogen functional groups attached to an aromatic ring is 1. The summed E-state index contributed by atoms with van der Waals surface area (Å²) < 4.78 is 5.01. The fourth-order valence-electron chi connectivity index (χ4n) is 1.39. The number of thioether (sulfide) groups is 1. The monoisotopic (exact) mass is 241 g/mol. The van der Waals surface area contributed by atoms with Gasteiger partial charge in [0.1, 0.15) is 17.2 Å². The highest BCUT2D eigenvalue weighted by atomic mass is 32.2. The molecule has 0 aliphatic rings. The maximum atomic E-state index is 5.85. The molecular formula is C11H19N3OS. The van der Waals surface area contributed by atoms with Crippen LogP contribution in [-0.4, -0.2) is 29.4 Å². The lowest BCUT2D eigenvalue weighted by atomic mass is 10.2. The molecule has 0 unspecified atom stereocenters. The number of hydrogen-bond acceptors (Lipinski definition) is 5. The van der Waals surface area contributed by atoms with E-state index in [1.54, 1.807) is 18.9 Å². The highest BCUT2D eigenvalue weighted by Crippen LogP contribution is 2.24. The van der Waals surface area contributed by atoms with Crippen LogP contribution in [0.15, 0.2) is 11.4 Å². The van der Waals surface area contributed by atoms with Crippen molar-refractivity contribution in [2.75, 3.05) is 25.2 Å². The van der Waals surface area contributed by atoms with Crippen LogP contribution < -0.4 is 5.73 Å². The van der Waals surface area contributed by atoms with Crippen molar-refractivity contribution in [2.45, 2.75) is 31.2 Å². The highest BCUT2D eigenvalue weighted by molar-refractivity contribution is 7.99. The molecule has 0 spiro atoms. The van der Waals surface area contributed by atoms with Crippen molar-refractivity contribution >= 4 is 17.6 Å². The predicted molar refractivity (Wildman–Crippen MR) is 67.7 cm³/mol. The third-order valence-corrected chi connectivity index (χ3v) is 3.29. The lowest BCUT2D eigenvalue weighted by molar-refractivity contribution is 0.200. The summed E-state index contributed by atoms with van der Waals surface area (Å²) in [6.07, 6.45) is 4.56. The zero-order valence-electron chi connectivity index (χ0n) is 9.90. The first-order valence-corrected chi connectivity index (χ1v) is 6.49. The predicted octanol–water partition coefficient (Wildman–Crippen LogP) is 2.14. The fraction of sp³-hybridized carbons (Fsp3) is 0.636. The Labute approximate surface area is 101 Å². The largest absolute Gasteiger partial charge is 0.385 e. The summed E-state index contributed by atoms with van der Waals surface area (Å²) in [6.45, 7) is 2.92. The maximum absolute atomic E-state index is 5.85. The molecule has 1 heterocycles. The molecule has 0 amide bonds. The summed E-state index contributed by atoms with van der Waals surface area (Å²) in [5.41, 5.74) is 6.94. The van der Waals surface area contributed by atoms with Crippen LogP contribution >= 0.6 is 11.8 Å². The van der Waals surface area contributed by atoms with Gasteiger partial charge in [-0.05, 0) is 12.8 Å². The van der Waals surface area contributed by atoms with E-state index in [-0.39, 0.29) is 0 Å². The summed E-state index contributed by atoms with van der Waals surface area (Å²) in [7, 11) is 1.72. The van der Waals surface area contributed by atoms with Crippen LogP contribution in [0.3, 0.4) is 0 Å². The van der Waals surface area contributed by atoms with Crippen molar-refractivity contribution in [3.8, 4) is 0 Å². The molecule has 0 saturated carbocycles. The number of nitrogens with zero attached hydrogens (tertiary/aromatic N) is 2. The molecule has 1 aromatic rings. The smallest absolute Gasteiger partial charge is 0.131 e. The van der Waals surface area contributed by atoms with Crippen LogP contribution in [0.4, 0.5) is 5.82 Å². The van der Waals surface area contributed by atoms with Crippen molar-refractivity contribution in [1.29, 1.82) is 0 Å². The molecule has 1 rings (SSSR count). The zero-order chi connectivity index (χ0) is 11.8. The van der Waals surface area contributed by atoms with Gasteiger partial charge >= 0.3 is 0 Å². The molecule has 2 N–H and O–H groups in total. The maximum Gasteiger partial charge on any atom is 0.131 e. The second-order valence-electron chi connectivity index (χ2n) is 3.49. The Balaban J connectivity index is 2.59. The van der Waals surface area contributed by atoms with E-state index in [1.807, 2.05) is 0 Å². The molecule has 0 saturated heterocycles. The summed E-state index contributed by atoms with van der Waals surface area (Å²) in [5, 5.41) is 1.02. The summed E-state index contributed by atoms with van der Waals surface area (Å²) in [4.78, 5) is 8.32. The number of hydrogen-bond donors (Lipinski definition) is 1. The van der Waals surface area contributed by atoms with Crippen molar-refractivity contribution in [3.63, 3.8) is 0 Å². The van der Waals surface area contributed by atoms with Gasteiger partial charge in [0.05, 0.1) is 0 Å². The molecule has 0 fully saturated rings. The van der Waals surface area contributed by atoms with Gasteiger partial charge in [-0.2, -0.15) is 0 Å². The van der Waals surface area contributed by atoms with Crippen molar-refractivity contribution < 1.29 is 4.74 Å². The molecule has 0 radical (unpaired) electrons. The van der Waals surface area contributed by atoms with Crippen LogP contribution in [0.25, 0.3) is 0 Å². The number of anilines is 1. The molecule has 0 atom stereocenters. The zero-order valence-corrected chi connectivity index (χ0v) is 10.7. The topological polar surface area (TPSA) is 61.0 Å². The van der Waals surface area contributed by atoms with E-state index in [4.69, 9.17) is 10.5 Å². The standard InChI is InChI=1S/C11H19N3OS/c1-3-5-9-10(12)13-8-14-11(9)16-7-4-6-15-2/h8H,3-7H2,1-2H3,(H2,12,13,14). The highest BCUT2D eigenvalue weighted by Gasteiger charge is 2.08. The van der Waals surface area contributed by atoms with Gasteiger partial charge in [0.15, 0.2) is 0 Å². The molecular weight excluding hydrogens is 222 g/mol. The Morgan fingerprint density at radius 3 is 2.94 bits per heavy atom. The SMILES string of the molecule is CCCc1c(N)ncnc1SCCCOC. The fourth-order valence-corrected chi connectivity index (χ4v) is 2.35.